The van der Waals surface area contributed by atoms with Crippen molar-refractivity contribution in [2.75, 3.05) is 47.5 Å². The van der Waals surface area contributed by atoms with Crippen LogP contribution in [-0.4, -0.2) is 87.4 Å². The Bertz CT molecular complexity index is 1470. The lowest BCUT2D eigenvalue weighted by molar-refractivity contribution is -0.870. The Morgan fingerprint density at radius 2 is 0.750 bits per heavy atom. The molecule has 1 N–H and O–H groups in total. The number of hydrogen-bond acceptors (Lipinski definition) is 7. The zero-order chi connectivity index (χ0) is 55.5. The van der Waals surface area contributed by atoms with Gasteiger partial charge in [-0.25, -0.2) is 4.79 Å². The molecule has 9 heteroatoms. The molecule has 2 unspecified atom stereocenters. The van der Waals surface area contributed by atoms with E-state index < -0.39 is 24.3 Å². The Morgan fingerprint density at radius 1 is 0.408 bits per heavy atom. The van der Waals surface area contributed by atoms with Gasteiger partial charge < -0.3 is 28.5 Å². The SMILES string of the molecule is CC/C=C\C/C=C\C/C=C\C/C=C\C/C=C\CCCCCCCCCCCCCCCCCCCCCC(=O)OC(COC(=O)CCCCCCC/C=C\CCCCCCCCC)COC(OCC[N+](C)(C)C)C(=O)O. The number of likely N-dealkylation sites (N-methyl/N-ethyl adjacent to an activating group) is 1. The number of rotatable bonds is 58. The van der Waals surface area contributed by atoms with E-state index in [9.17, 15) is 19.5 Å². The number of allylic oxidation sites excluding steroid dienone is 12. The highest BCUT2D eigenvalue weighted by Gasteiger charge is 2.25. The Kier molecular flexibility index (Phi) is 55.4. The summed E-state index contributed by atoms with van der Waals surface area (Å²) in [5.74, 6) is -2.00. The average Bonchev–Trinajstić information content (AvgIpc) is 3.39. The maximum atomic E-state index is 12.9. The Balaban J connectivity index is 4.07. The maximum Gasteiger partial charge on any atom is 0.361 e. The number of unbranched alkanes of at least 4 members (excludes halogenated alkanes) is 31. The van der Waals surface area contributed by atoms with Gasteiger partial charge in [0.15, 0.2) is 6.10 Å². The van der Waals surface area contributed by atoms with Crippen LogP contribution in [0.25, 0.3) is 0 Å². The Morgan fingerprint density at radius 3 is 1.13 bits per heavy atom. The van der Waals surface area contributed by atoms with Crippen molar-refractivity contribution >= 4 is 17.9 Å². The van der Waals surface area contributed by atoms with E-state index in [2.05, 4.69) is 86.8 Å². The van der Waals surface area contributed by atoms with Crippen molar-refractivity contribution in [3.63, 3.8) is 0 Å². The Labute approximate surface area is 468 Å². The summed E-state index contributed by atoms with van der Waals surface area (Å²) < 4.78 is 22.9. The van der Waals surface area contributed by atoms with Crippen LogP contribution in [0, 0.1) is 0 Å². The second-order valence-corrected chi connectivity index (χ2v) is 22.3. The molecule has 0 rings (SSSR count). The summed E-state index contributed by atoms with van der Waals surface area (Å²) in [5.41, 5.74) is 0. The molecule has 0 aliphatic rings. The van der Waals surface area contributed by atoms with E-state index in [0.717, 1.165) is 89.9 Å². The molecule has 0 aliphatic carbocycles. The predicted molar refractivity (Wildman–Crippen MR) is 323 cm³/mol. The largest absolute Gasteiger partial charge is 0.477 e. The van der Waals surface area contributed by atoms with Gasteiger partial charge in [0.1, 0.15) is 13.2 Å². The number of ether oxygens (including phenoxy) is 4. The number of quaternary nitrogens is 1. The molecule has 2 atom stereocenters. The fourth-order valence-electron chi connectivity index (χ4n) is 8.86. The molecule has 0 aromatic heterocycles. The number of aliphatic carboxylic acids is 1. The summed E-state index contributed by atoms with van der Waals surface area (Å²) in [7, 11) is 5.97. The molecule has 9 nitrogen and oxygen atoms in total. The third kappa shape index (κ3) is 58.4. The van der Waals surface area contributed by atoms with Crippen LogP contribution in [-0.2, 0) is 33.3 Å². The van der Waals surface area contributed by atoms with Crippen LogP contribution in [0.2, 0.25) is 0 Å². The minimum atomic E-state index is -1.51. The lowest BCUT2D eigenvalue weighted by Gasteiger charge is -2.25. The highest BCUT2D eigenvalue weighted by molar-refractivity contribution is 5.71. The number of carboxylic acids is 1. The van der Waals surface area contributed by atoms with Crippen molar-refractivity contribution in [1.82, 2.24) is 0 Å². The summed E-state index contributed by atoms with van der Waals surface area (Å²) >= 11 is 0. The van der Waals surface area contributed by atoms with Gasteiger partial charge in [-0.1, -0.05) is 254 Å². The van der Waals surface area contributed by atoms with Gasteiger partial charge >= 0.3 is 17.9 Å². The highest BCUT2D eigenvalue weighted by atomic mass is 16.7. The zero-order valence-corrected chi connectivity index (χ0v) is 50.2. The minimum absolute atomic E-state index is 0.185. The van der Waals surface area contributed by atoms with Crippen molar-refractivity contribution in [2.45, 2.75) is 289 Å². The molecule has 0 radical (unpaired) electrons. The number of hydrogen-bond donors (Lipinski definition) is 1. The molecule has 0 bridgehead atoms. The van der Waals surface area contributed by atoms with E-state index in [0.29, 0.717) is 17.4 Å². The second-order valence-electron chi connectivity index (χ2n) is 22.3. The normalized spacial score (nSPS) is 13.2. The van der Waals surface area contributed by atoms with Gasteiger partial charge in [0.25, 0.3) is 6.29 Å². The zero-order valence-electron chi connectivity index (χ0n) is 50.2. The summed E-state index contributed by atoms with van der Waals surface area (Å²) in [4.78, 5) is 37.4. The lowest BCUT2D eigenvalue weighted by Crippen LogP contribution is -2.40. The van der Waals surface area contributed by atoms with E-state index in [1.54, 1.807) is 0 Å². The molecular weight excluding hydrogens is 947 g/mol. The van der Waals surface area contributed by atoms with Crippen LogP contribution in [0.1, 0.15) is 277 Å². The number of nitrogens with zero attached hydrogens (tertiary/aromatic N) is 1. The van der Waals surface area contributed by atoms with Crippen molar-refractivity contribution in [3.8, 4) is 0 Å². The molecule has 0 amide bonds. The van der Waals surface area contributed by atoms with Crippen LogP contribution in [0.3, 0.4) is 0 Å². The molecule has 0 spiro atoms. The van der Waals surface area contributed by atoms with Crippen LogP contribution in [0.5, 0.6) is 0 Å². The van der Waals surface area contributed by atoms with Crippen molar-refractivity contribution in [3.05, 3.63) is 72.9 Å². The standard InChI is InChI=1S/C67H119NO8/c1-6-8-10-12-14-16-18-20-22-24-25-26-27-28-29-30-31-32-33-34-35-36-37-38-39-40-41-42-44-46-48-50-52-54-56-58-65(70)76-63(62-75-67(66(71)72)73-60-59-68(3,4)5)61-74-64(69)57-55-53-51-49-47-45-43-23-21-19-17-15-13-11-9-7-2/h8,10,14,16,20,22-23,25-26,28-29,43,63,67H,6-7,9,11-13,15,17-19,21,24,27,30-42,44-62H2,1-5H3/p+1/b10-8-,16-14-,22-20-,26-25-,29-28-,43-23-. The van der Waals surface area contributed by atoms with Gasteiger partial charge in [0, 0.05) is 12.8 Å². The van der Waals surface area contributed by atoms with Gasteiger partial charge in [0.2, 0.25) is 0 Å². The third-order valence-corrected chi connectivity index (χ3v) is 13.7. The average molecular weight is 1070 g/mol. The predicted octanol–water partition coefficient (Wildman–Crippen LogP) is 19.0. The molecule has 0 saturated heterocycles. The van der Waals surface area contributed by atoms with Crippen LogP contribution >= 0.6 is 0 Å². The van der Waals surface area contributed by atoms with Crippen molar-refractivity contribution in [1.29, 1.82) is 0 Å². The van der Waals surface area contributed by atoms with E-state index in [1.165, 1.54) is 161 Å². The fraction of sp³-hybridized carbons (Fsp3) is 0.776. The first-order valence-corrected chi connectivity index (χ1v) is 31.6. The van der Waals surface area contributed by atoms with Gasteiger partial charge in [-0.3, -0.25) is 9.59 Å². The van der Waals surface area contributed by atoms with Gasteiger partial charge in [-0.2, -0.15) is 0 Å². The monoisotopic (exact) mass is 1070 g/mol. The molecular formula is C67H120NO8+. The molecule has 76 heavy (non-hydrogen) atoms. The topological polar surface area (TPSA) is 108 Å². The fourth-order valence-corrected chi connectivity index (χ4v) is 8.86. The van der Waals surface area contributed by atoms with Gasteiger partial charge in [0.05, 0.1) is 34.4 Å². The summed E-state index contributed by atoms with van der Waals surface area (Å²) in [6.07, 6.45) is 72.9. The molecule has 440 valence electrons. The van der Waals surface area contributed by atoms with E-state index in [1.807, 2.05) is 21.1 Å². The summed E-state index contributed by atoms with van der Waals surface area (Å²) in [6.45, 7) is 4.78. The lowest BCUT2D eigenvalue weighted by atomic mass is 10.0. The number of carbonyl (C=O) groups is 3. The maximum absolute atomic E-state index is 12.9. The molecule has 0 saturated carbocycles. The highest BCUT2D eigenvalue weighted by Crippen LogP contribution is 2.17. The third-order valence-electron chi connectivity index (χ3n) is 13.7. The minimum Gasteiger partial charge on any atom is -0.477 e. The summed E-state index contributed by atoms with van der Waals surface area (Å²) in [5, 5.41) is 9.71. The van der Waals surface area contributed by atoms with Gasteiger partial charge in [-0.15, -0.1) is 0 Å². The van der Waals surface area contributed by atoms with Crippen LogP contribution < -0.4 is 0 Å². The van der Waals surface area contributed by atoms with Crippen LogP contribution in [0.15, 0.2) is 72.9 Å². The second kappa shape index (κ2) is 57.9. The molecule has 0 aromatic rings. The number of carboxylic acid groups (broad SMARTS) is 1. The van der Waals surface area contributed by atoms with E-state index >= 15 is 0 Å². The van der Waals surface area contributed by atoms with Gasteiger partial charge in [-0.05, 0) is 83.5 Å². The molecule has 0 heterocycles. The molecule has 0 aliphatic heterocycles. The van der Waals surface area contributed by atoms with Crippen molar-refractivity contribution in [2.24, 2.45) is 0 Å². The van der Waals surface area contributed by atoms with Crippen molar-refractivity contribution < 1.29 is 42.9 Å². The van der Waals surface area contributed by atoms with E-state index in [-0.39, 0.29) is 32.2 Å². The molecule has 0 fully saturated rings. The Hall–Kier alpha value is -3.27. The smallest absolute Gasteiger partial charge is 0.361 e. The molecule has 0 aromatic carbocycles. The first-order valence-electron chi connectivity index (χ1n) is 31.6. The first kappa shape index (κ1) is 72.7. The van der Waals surface area contributed by atoms with Crippen LogP contribution in [0.4, 0.5) is 0 Å². The quantitative estimate of drug-likeness (QED) is 0.0211. The first-order chi connectivity index (χ1) is 37.1. The number of carbonyl (C=O) groups excluding carboxylic acids is 2. The summed E-state index contributed by atoms with van der Waals surface area (Å²) in [6, 6.07) is 0. The number of esters is 2. The van der Waals surface area contributed by atoms with E-state index in [4.69, 9.17) is 18.9 Å².